The summed E-state index contributed by atoms with van der Waals surface area (Å²) < 4.78 is 13.9. The molecule has 0 fully saturated rings. The van der Waals surface area contributed by atoms with Crippen molar-refractivity contribution in [1.29, 1.82) is 5.26 Å². The van der Waals surface area contributed by atoms with Gasteiger partial charge in [-0.05, 0) is 24.3 Å². The molecular formula is C18H10ClFN2OS. The molecule has 1 unspecified atom stereocenters. The molecule has 3 aromatic rings. The highest BCUT2D eigenvalue weighted by Gasteiger charge is 2.26. The molecule has 1 aromatic heterocycles. The normalized spacial score (nSPS) is 11.7. The maximum Gasteiger partial charge on any atom is 0.188 e. The maximum absolute atomic E-state index is 13.9. The fraction of sp³-hybridized carbons (Fsp3) is 0.0556. The number of halogens is 2. The first-order valence-corrected chi connectivity index (χ1v) is 8.26. The van der Waals surface area contributed by atoms with E-state index in [0.29, 0.717) is 16.3 Å². The highest BCUT2D eigenvalue weighted by molar-refractivity contribution is 7.10. The largest absolute Gasteiger partial charge is 0.292 e. The van der Waals surface area contributed by atoms with E-state index in [4.69, 9.17) is 11.6 Å². The average Bonchev–Trinajstić information content (AvgIpc) is 3.05. The Bertz CT molecular complexity index is 948. The molecule has 0 aliphatic rings. The van der Waals surface area contributed by atoms with Crippen LogP contribution in [0.3, 0.4) is 0 Å². The molecule has 24 heavy (non-hydrogen) atoms. The van der Waals surface area contributed by atoms with Gasteiger partial charge in [0, 0.05) is 16.5 Å². The summed E-state index contributed by atoms with van der Waals surface area (Å²) in [6, 6.07) is 14.8. The van der Waals surface area contributed by atoms with Crippen molar-refractivity contribution in [2.24, 2.45) is 0 Å². The summed E-state index contributed by atoms with van der Waals surface area (Å²) in [5.74, 6) is -1.90. The van der Waals surface area contributed by atoms with Gasteiger partial charge in [-0.2, -0.15) is 5.26 Å². The fourth-order valence-electron chi connectivity index (χ4n) is 2.26. The summed E-state index contributed by atoms with van der Waals surface area (Å²) in [4.78, 5) is 16.9. The SMILES string of the molecule is N#CC(C(=O)c1ccccc1Cl)c1nc(-c2ccccc2F)cs1. The summed E-state index contributed by atoms with van der Waals surface area (Å²) in [6.07, 6.45) is 0. The number of carbonyl (C=O) groups is 1. The van der Waals surface area contributed by atoms with E-state index in [2.05, 4.69) is 4.98 Å². The van der Waals surface area contributed by atoms with Gasteiger partial charge in [-0.15, -0.1) is 11.3 Å². The number of rotatable bonds is 4. The minimum absolute atomic E-state index is 0.272. The van der Waals surface area contributed by atoms with Gasteiger partial charge in [-0.3, -0.25) is 4.79 Å². The second kappa shape index (κ2) is 6.91. The first-order valence-electron chi connectivity index (χ1n) is 7.00. The Labute approximate surface area is 147 Å². The molecule has 0 spiro atoms. The van der Waals surface area contributed by atoms with Gasteiger partial charge in [0.2, 0.25) is 0 Å². The van der Waals surface area contributed by atoms with Crippen LogP contribution in [-0.4, -0.2) is 10.8 Å². The Kier molecular flexibility index (Phi) is 4.70. The van der Waals surface area contributed by atoms with Crippen LogP contribution in [0.4, 0.5) is 4.39 Å². The number of ketones is 1. The number of aromatic nitrogens is 1. The molecule has 0 aliphatic heterocycles. The Hall–Kier alpha value is -2.55. The topological polar surface area (TPSA) is 53.8 Å². The van der Waals surface area contributed by atoms with Gasteiger partial charge in [0.25, 0.3) is 0 Å². The summed E-state index contributed by atoms with van der Waals surface area (Å²) in [6.45, 7) is 0. The summed E-state index contributed by atoms with van der Waals surface area (Å²) in [5.41, 5.74) is 1.01. The van der Waals surface area contributed by atoms with E-state index in [9.17, 15) is 14.4 Å². The van der Waals surface area contributed by atoms with Gasteiger partial charge in [0.15, 0.2) is 11.7 Å². The van der Waals surface area contributed by atoms with Crippen molar-refractivity contribution in [2.45, 2.75) is 5.92 Å². The van der Waals surface area contributed by atoms with Gasteiger partial charge < -0.3 is 0 Å². The highest BCUT2D eigenvalue weighted by atomic mass is 35.5. The van der Waals surface area contributed by atoms with Crippen LogP contribution < -0.4 is 0 Å². The Balaban J connectivity index is 1.96. The third kappa shape index (κ3) is 3.07. The first kappa shape index (κ1) is 16.3. The van der Waals surface area contributed by atoms with Crippen LogP contribution >= 0.6 is 22.9 Å². The lowest BCUT2D eigenvalue weighted by Gasteiger charge is -2.06. The standard InChI is InChI=1S/C18H10ClFN2OS/c19-14-7-3-1-5-11(14)17(23)13(9-21)18-22-16(10-24-18)12-6-2-4-8-15(12)20/h1-8,10,13H. The van der Waals surface area contributed by atoms with Crippen molar-refractivity contribution in [3.63, 3.8) is 0 Å². The van der Waals surface area contributed by atoms with Crippen molar-refractivity contribution in [3.05, 3.63) is 75.3 Å². The van der Waals surface area contributed by atoms with Crippen LogP contribution in [0.2, 0.25) is 5.02 Å². The highest BCUT2D eigenvalue weighted by Crippen LogP contribution is 2.31. The molecular weight excluding hydrogens is 347 g/mol. The van der Waals surface area contributed by atoms with E-state index in [1.165, 1.54) is 6.07 Å². The third-order valence-electron chi connectivity index (χ3n) is 3.45. The van der Waals surface area contributed by atoms with Gasteiger partial charge >= 0.3 is 0 Å². The number of carbonyl (C=O) groups excluding carboxylic acids is 1. The van der Waals surface area contributed by atoms with Crippen molar-refractivity contribution in [2.75, 3.05) is 0 Å². The molecule has 3 rings (SSSR count). The molecule has 0 amide bonds. The minimum atomic E-state index is -1.07. The number of hydrogen-bond acceptors (Lipinski definition) is 4. The number of thiazole rings is 1. The van der Waals surface area contributed by atoms with Crippen LogP contribution in [0.15, 0.2) is 53.9 Å². The summed E-state index contributed by atoms with van der Waals surface area (Å²) >= 11 is 7.18. The van der Waals surface area contributed by atoms with Crippen LogP contribution in [0, 0.1) is 17.1 Å². The van der Waals surface area contributed by atoms with E-state index >= 15 is 0 Å². The fourth-order valence-corrected chi connectivity index (χ4v) is 3.34. The zero-order valence-corrected chi connectivity index (χ0v) is 13.8. The van der Waals surface area contributed by atoms with E-state index < -0.39 is 17.5 Å². The predicted octanol–water partition coefficient (Wildman–Crippen LogP) is 5.09. The first-order chi connectivity index (χ1) is 11.6. The minimum Gasteiger partial charge on any atom is -0.292 e. The molecule has 1 atom stereocenters. The smallest absolute Gasteiger partial charge is 0.188 e. The number of Topliss-reactive ketones (excluding diaryl/α,β-unsaturated/α-hetero) is 1. The lowest BCUT2D eigenvalue weighted by Crippen LogP contribution is -2.11. The molecule has 0 bridgehead atoms. The molecule has 0 saturated carbocycles. The molecule has 2 aromatic carbocycles. The number of nitriles is 1. The maximum atomic E-state index is 13.9. The monoisotopic (exact) mass is 356 g/mol. The molecule has 3 nitrogen and oxygen atoms in total. The Morgan fingerprint density at radius 1 is 1.21 bits per heavy atom. The lowest BCUT2D eigenvalue weighted by molar-refractivity contribution is 0.0979. The van der Waals surface area contributed by atoms with E-state index in [-0.39, 0.29) is 10.6 Å². The third-order valence-corrected chi connectivity index (χ3v) is 4.69. The van der Waals surface area contributed by atoms with Crippen molar-refractivity contribution >= 4 is 28.7 Å². The number of nitrogens with zero attached hydrogens (tertiary/aromatic N) is 2. The Morgan fingerprint density at radius 3 is 2.62 bits per heavy atom. The molecule has 0 saturated heterocycles. The van der Waals surface area contributed by atoms with E-state index in [1.807, 2.05) is 6.07 Å². The zero-order chi connectivity index (χ0) is 17.1. The molecule has 6 heteroatoms. The van der Waals surface area contributed by atoms with Gasteiger partial charge in [0.05, 0.1) is 16.8 Å². The second-order valence-corrected chi connectivity index (χ2v) is 6.25. The van der Waals surface area contributed by atoms with Crippen molar-refractivity contribution in [1.82, 2.24) is 4.98 Å². The van der Waals surface area contributed by atoms with Gasteiger partial charge in [-0.25, -0.2) is 9.37 Å². The van der Waals surface area contributed by atoms with Gasteiger partial charge in [-0.1, -0.05) is 35.9 Å². The number of benzene rings is 2. The molecule has 0 aliphatic carbocycles. The summed E-state index contributed by atoms with van der Waals surface area (Å²) in [5, 5.41) is 11.7. The van der Waals surface area contributed by atoms with Gasteiger partial charge in [0.1, 0.15) is 10.8 Å². The number of hydrogen-bond donors (Lipinski definition) is 0. The lowest BCUT2D eigenvalue weighted by atomic mass is 9.99. The molecule has 0 radical (unpaired) electrons. The zero-order valence-electron chi connectivity index (χ0n) is 12.2. The predicted molar refractivity (Wildman–Crippen MR) is 91.6 cm³/mol. The van der Waals surface area contributed by atoms with E-state index in [1.54, 1.807) is 47.8 Å². The van der Waals surface area contributed by atoms with E-state index in [0.717, 1.165) is 11.3 Å². The molecule has 118 valence electrons. The molecule has 1 heterocycles. The average molecular weight is 357 g/mol. The summed E-state index contributed by atoms with van der Waals surface area (Å²) in [7, 11) is 0. The quantitative estimate of drug-likeness (QED) is 0.611. The molecule has 0 N–H and O–H groups in total. The van der Waals surface area contributed by atoms with Crippen molar-refractivity contribution < 1.29 is 9.18 Å². The van der Waals surface area contributed by atoms with Crippen molar-refractivity contribution in [3.8, 4) is 17.3 Å². The Morgan fingerprint density at radius 2 is 1.92 bits per heavy atom. The van der Waals surface area contributed by atoms with Crippen LogP contribution in [0.25, 0.3) is 11.3 Å². The second-order valence-electron chi connectivity index (χ2n) is 4.96. The van der Waals surface area contributed by atoms with Crippen LogP contribution in [0.5, 0.6) is 0 Å². The van der Waals surface area contributed by atoms with Crippen LogP contribution in [-0.2, 0) is 0 Å². The van der Waals surface area contributed by atoms with Crippen LogP contribution in [0.1, 0.15) is 21.3 Å².